The zero-order chi connectivity index (χ0) is 41.9. The molecule has 4 N–H and O–H groups in total. The van der Waals surface area contributed by atoms with Gasteiger partial charge in [0.1, 0.15) is 0 Å². The van der Waals surface area contributed by atoms with Crippen LogP contribution in [0.15, 0.2) is 66.9 Å². The predicted molar refractivity (Wildman–Crippen MR) is 230 cm³/mol. The SMILES string of the molecule is O=C(Cc1ccc(-c2ccc(N3CCC(Nc4nnc(NC(=O)C5(c6ccc(Cl)cc6)CC5)s4)CC3)nn2)c(F)c1F)Nc1nnc(NC2CCN(c3cccnn3)CC2)s1. The van der Waals surface area contributed by atoms with Gasteiger partial charge in [0.15, 0.2) is 23.3 Å². The number of halogens is 3. The van der Waals surface area contributed by atoms with Crippen LogP contribution in [0.1, 0.15) is 49.7 Å². The molecule has 3 aliphatic rings. The minimum atomic E-state index is -1.13. The average molecular weight is 885 g/mol. The number of carbonyl (C=O) groups excluding carboxylic acids is 2. The van der Waals surface area contributed by atoms with E-state index in [4.69, 9.17) is 11.6 Å². The van der Waals surface area contributed by atoms with E-state index in [1.165, 1.54) is 34.8 Å². The molecule has 2 saturated heterocycles. The lowest BCUT2D eigenvalue weighted by molar-refractivity contribution is -0.118. The van der Waals surface area contributed by atoms with Gasteiger partial charge in [0, 0.05) is 60.6 Å². The van der Waals surface area contributed by atoms with Crippen LogP contribution in [0.25, 0.3) is 11.3 Å². The molecule has 16 nitrogen and oxygen atoms in total. The Balaban J connectivity index is 0.727. The fourth-order valence-electron chi connectivity index (χ4n) is 7.64. The molecule has 0 atom stereocenters. The van der Waals surface area contributed by atoms with Crippen LogP contribution >= 0.6 is 34.3 Å². The summed E-state index contributed by atoms with van der Waals surface area (Å²) in [5, 5.41) is 48.2. The number of hydrogen-bond acceptors (Lipinski definition) is 16. The third kappa shape index (κ3) is 9.20. The molecule has 21 heteroatoms. The van der Waals surface area contributed by atoms with Gasteiger partial charge in [0.05, 0.1) is 17.5 Å². The van der Waals surface area contributed by atoms with Gasteiger partial charge in [-0.1, -0.05) is 52.5 Å². The summed E-state index contributed by atoms with van der Waals surface area (Å²) in [6.45, 7) is 2.98. The summed E-state index contributed by atoms with van der Waals surface area (Å²) in [5.74, 6) is -1.43. The highest BCUT2D eigenvalue weighted by molar-refractivity contribution is 7.19. The molecule has 0 unspecified atom stereocenters. The first kappa shape index (κ1) is 40.4. The summed E-state index contributed by atoms with van der Waals surface area (Å²) in [6, 6.07) is 17.6. The summed E-state index contributed by atoms with van der Waals surface area (Å²) < 4.78 is 30.7. The molecule has 61 heavy (non-hydrogen) atoms. The summed E-state index contributed by atoms with van der Waals surface area (Å²) in [5.41, 5.74) is 0.386. The van der Waals surface area contributed by atoms with Crippen molar-refractivity contribution in [3.8, 4) is 11.3 Å². The molecular formula is C40H39ClF2N14O2S2. The van der Waals surface area contributed by atoms with Gasteiger partial charge in [-0.2, -0.15) is 5.10 Å². The van der Waals surface area contributed by atoms with Gasteiger partial charge >= 0.3 is 0 Å². The molecule has 4 aromatic heterocycles. The van der Waals surface area contributed by atoms with E-state index >= 15 is 8.78 Å². The number of anilines is 6. The molecule has 1 saturated carbocycles. The van der Waals surface area contributed by atoms with Crippen LogP contribution < -0.4 is 31.1 Å². The summed E-state index contributed by atoms with van der Waals surface area (Å²) in [4.78, 5) is 30.2. The van der Waals surface area contributed by atoms with Crippen molar-refractivity contribution in [2.75, 3.05) is 57.2 Å². The molecular weight excluding hydrogens is 846 g/mol. The number of nitrogens with one attached hydrogen (secondary N) is 4. The molecule has 2 amide bonds. The largest absolute Gasteiger partial charge is 0.357 e. The smallest absolute Gasteiger partial charge is 0.236 e. The highest BCUT2D eigenvalue weighted by Crippen LogP contribution is 2.49. The van der Waals surface area contributed by atoms with E-state index in [0.717, 1.165) is 63.0 Å². The van der Waals surface area contributed by atoms with Gasteiger partial charge in [-0.15, -0.1) is 35.7 Å². The summed E-state index contributed by atoms with van der Waals surface area (Å²) in [6.07, 6.45) is 6.06. The number of hydrogen-bond donors (Lipinski definition) is 4. The molecule has 6 heterocycles. The Morgan fingerprint density at radius 3 is 1.87 bits per heavy atom. The van der Waals surface area contributed by atoms with Crippen molar-refractivity contribution in [3.05, 3.63) is 94.6 Å². The number of amides is 2. The van der Waals surface area contributed by atoms with Crippen molar-refractivity contribution < 1.29 is 18.4 Å². The summed E-state index contributed by atoms with van der Waals surface area (Å²) >= 11 is 8.51. The van der Waals surface area contributed by atoms with Crippen LogP contribution in [0.4, 0.5) is 40.9 Å². The van der Waals surface area contributed by atoms with E-state index in [-0.39, 0.29) is 39.9 Å². The Morgan fingerprint density at radius 2 is 1.30 bits per heavy atom. The first-order chi connectivity index (χ1) is 29.7. The molecule has 0 spiro atoms. The van der Waals surface area contributed by atoms with Crippen LogP contribution in [0.3, 0.4) is 0 Å². The standard InChI is InChI=1S/C40H39ClF2N14O2S2/c41-25-6-4-24(5-7-25)40(15-16-40)35(59)48-39-55-53-37(61-39)46-27-13-20-57(21-14-27)31-10-9-29(49-51-31)28-8-3-23(33(42)34(28)43)22-32(58)47-38-54-52-36(60-38)45-26-11-18-56(19-12-26)30-2-1-17-44-50-30/h1-10,17,26-27H,11-16,18-22H2,(H,45,52)(H,46,53)(H,47,54,58)(H,48,55,59). The number of benzene rings is 2. The molecule has 2 aromatic carbocycles. The molecule has 0 bridgehead atoms. The Morgan fingerprint density at radius 1 is 0.689 bits per heavy atom. The minimum absolute atomic E-state index is 0.0594. The van der Waals surface area contributed by atoms with Crippen LogP contribution in [-0.2, 0) is 21.4 Å². The van der Waals surface area contributed by atoms with Crippen molar-refractivity contribution in [2.24, 2.45) is 0 Å². The number of piperidine rings is 2. The van der Waals surface area contributed by atoms with Crippen molar-refractivity contribution in [2.45, 2.75) is 62.4 Å². The zero-order valence-corrected chi connectivity index (χ0v) is 34.9. The first-order valence-electron chi connectivity index (χ1n) is 19.8. The first-order valence-corrected chi connectivity index (χ1v) is 21.9. The zero-order valence-electron chi connectivity index (χ0n) is 32.5. The van der Waals surface area contributed by atoms with Crippen molar-refractivity contribution in [3.63, 3.8) is 0 Å². The molecule has 2 aliphatic heterocycles. The molecule has 314 valence electrons. The maximum absolute atomic E-state index is 15.4. The van der Waals surface area contributed by atoms with Gasteiger partial charge in [0.25, 0.3) is 0 Å². The molecule has 6 aromatic rings. The number of rotatable bonds is 13. The predicted octanol–water partition coefficient (Wildman–Crippen LogP) is 6.58. The quantitative estimate of drug-likeness (QED) is 0.0972. The van der Waals surface area contributed by atoms with Gasteiger partial charge < -0.3 is 25.8 Å². The third-order valence-corrected chi connectivity index (χ3v) is 13.0. The second kappa shape index (κ2) is 17.5. The highest BCUT2D eigenvalue weighted by atomic mass is 35.5. The Labute approximate surface area is 361 Å². The molecule has 0 radical (unpaired) electrons. The van der Waals surface area contributed by atoms with Gasteiger partial charge in [-0.05, 0) is 86.6 Å². The maximum Gasteiger partial charge on any atom is 0.236 e. The third-order valence-electron chi connectivity index (χ3n) is 11.2. The van der Waals surface area contributed by atoms with E-state index in [1.807, 2.05) is 24.3 Å². The van der Waals surface area contributed by atoms with Crippen molar-refractivity contribution >= 4 is 78.3 Å². The second-order valence-electron chi connectivity index (χ2n) is 15.2. The van der Waals surface area contributed by atoms with Crippen molar-refractivity contribution in [1.29, 1.82) is 0 Å². The van der Waals surface area contributed by atoms with E-state index < -0.39 is 29.4 Å². The van der Waals surface area contributed by atoms with Crippen LogP contribution in [-0.4, -0.2) is 90.9 Å². The van der Waals surface area contributed by atoms with Crippen molar-refractivity contribution in [1.82, 2.24) is 40.8 Å². The van der Waals surface area contributed by atoms with Gasteiger partial charge in [-0.3, -0.25) is 14.9 Å². The van der Waals surface area contributed by atoms with Crippen LogP contribution in [0.5, 0.6) is 0 Å². The normalized spacial score (nSPS) is 16.6. The second-order valence-corrected chi connectivity index (χ2v) is 17.6. The average Bonchev–Trinajstić information content (AvgIpc) is 3.80. The van der Waals surface area contributed by atoms with E-state index in [9.17, 15) is 9.59 Å². The highest BCUT2D eigenvalue weighted by Gasteiger charge is 2.51. The topological polar surface area (TPSA) is 192 Å². The molecule has 1 aliphatic carbocycles. The lowest BCUT2D eigenvalue weighted by Gasteiger charge is -2.32. The van der Waals surface area contributed by atoms with E-state index in [2.05, 4.69) is 71.9 Å². The lowest BCUT2D eigenvalue weighted by Crippen LogP contribution is -2.39. The van der Waals surface area contributed by atoms with Gasteiger partial charge in [-0.25, -0.2) is 8.78 Å². The Kier molecular flexibility index (Phi) is 11.6. The number of nitrogens with zero attached hydrogens (tertiary/aromatic N) is 10. The molecule has 9 rings (SSSR count). The number of aromatic nitrogens is 8. The number of carbonyl (C=O) groups is 2. The Bertz CT molecular complexity index is 2490. The summed E-state index contributed by atoms with van der Waals surface area (Å²) in [7, 11) is 0. The fraction of sp³-hybridized carbons (Fsp3) is 0.350. The monoisotopic (exact) mass is 884 g/mol. The Hall–Kier alpha value is -5.99. The minimum Gasteiger partial charge on any atom is -0.357 e. The van der Waals surface area contributed by atoms with Crippen LogP contribution in [0, 0.1) is 11.6 Å². The van der Waals surface area contributed by atoms with Crippen LogP contribution in [0.2, 0.25) is 5.02 Å². The van der Waals surface area contributed by atoms with Gasteiger partial charge in [0.2, 0.25) is 32.3 Å². The fourth-order valence-corrected chi connectivity index (χ4v) is 9.22. The maximum atomic E-state index is 15.4. The molecule has 3 fully saturated rings. The van der Waals surface area contributed by atoms with E-state index in [1.54, 1.807) is 30.5 Å². The lowest BCUT2D eigenvalue weighted by atomic mass is 9.95. The van der Waals surface area contributed by atoms with E-state index in [0.29, 0.717) is 39.3 Å².